The largest absolute Gasteiger partial charge is 0.380 e. The van der Waals surface area contributed by atoms with Crippen LogP contribution in [0.1, 0.15) is 44.9 Å². The minimum absolute atomic E-state index is 0.197. The number of ether oxygens (including phenoxy) is 1. The van der Waals surface area contributed by atoms with Crippen molar-refractivity contribution in [3.63, 3.8) is 0 Å². The van der Waals surface area contributed by atoms with Crippen molar-refractivity contribution < 1.29 is 19.3 Å². The van der Waals surface area contributed by atoms with Gasteiger partial charge in [-0.05, 0) is 49.6 Å². The molecule has 2 fully saturated rings. The molecule has 2 saturated carbocycles. The molecule has 2 heterocycles. The van der Waals surface area contributed by atoms with E-state index in [-0.39, 0.29) is 23.5 Å². The minimum Gasteiger partial charge on any atom is -0.380 e. The number of hydrogen-bond donors (Lipinski definition) is 2. The Morgan fingerprint density at radius 3 is 2.68 bits per heavy atom. The second-order valence-corrected chi connectivity index (χ2v) is 10.8. The molecule has 2 N–H and O–H groups in total. The fourth-order valence-corrected chi connectivity index (χ4v) is 5.30. The minimum atomic E-state index is -2.25. The van der Waals surface area contributed by atoms with Gasteiger partial charge in [0.15, 0.2) is 25.4 Å². The van der Waals surface area contributed by atoms with E-state index in [1.165, 1.54) is 12.8 Å². The molecule has 34 heavy (non-hydrogen) atoms. The fraction of sp³-hybridized carbons (Fsp3) is 0.727. The van der Waals surface area contributed by atoms with Crippen LogP contribution in [0, 0.1) is 5.92 Å². The van der Waals surface area contributed by atoms with Crippen molar-refractivity contribution in [1.29, 1.82) is 0 Å². The first-order valence-corrected chi connectivity index (χ1v) is 13.7. The van der Waals surface area contributed by atoms with Crippen LogP contribution in [-0.2, 0) is 16.1 Å². The summed E-state index contributed by atoms with van der Waals surface area (Å²) in [4.78, 5) is 48.6. The number of hydrogen-bond acceptors (Lipinski definition) is 8. The molecule has 0 spiro atoms. The molecule has 0 aromatic carbocycles. The van der Waals surface area contributed by atoms with E-state index in [2.05, 4.69) is 19.9 Å². The molecule has 2 aliphatic rings. The quantitative estimate of drug-likeness (QED) is 0.329. The summed E-state index contributed by atoms with van der Waals surface area (Å²) in [7, 11) is 1.43. The Balaban J connectivity index is 1.45. The third-order valence-electron chi connectivity index (χ3n) is 6.88. The molecule has 1 amide bonds. The highest BCUT2D eigenvalue weighted by molar-refractivity contribution is 7.46. The Bertz CT molecular complexity index is 982. The molecule has 0 radical (unpaired) electrons. The van der Waals surface area contributed by atoms with Crippen molar-refractivity contribution in [1.82, 2.24) is 24.4 Å². The molecule has 10 nitrogen and oxygen atoms in total. The van der Waals surface area contributed by atoms with Crippen LogP contribution in [0.2, 0.25) is 5.28 Å². The van der Waals surface area contributed by atoms with E-state index in [1.807, 2.05) is 11.6 Å². The first kappa shape index (κ1) is 25.5. The average Bonchev–Trinajstić information content (AvgIpc) is 3.28. The summed E-state index contributed by atoms with van der Waals surface area (Å²) >= 11 is 6.29. The van der Waals surface area contributed by atoms with Crippen molar-refractivity contribution >= 4 is 42.9 Å². The first-order valence-electron chi connectivity index (χ1n) is 11.9. The van der Waals surface area contributed by atoms with Gasteiger partial charge in [0, 0.05) is 39.8 Å². The van der Waals surface area contributed by atoms with E-state index < -0.39 is 8.38 Å². The standard InChI is InChI=1S/C22H34ClN6O4P/c1-27(16-5-3-4-6-16)20-19-21(26-22(23)25-20)28(14-24-19)10-9-17(33-2)12-29(11-15-7-8-15)18(30)13-34(31)32/h14-17,31-32H,3-13H2,1-2H3. The number of nitrogens with zero attached hydrogens (tertiary/aromatic N) is 6. The van der Waals surface area contributed by atoms with Crippen LogP contribution in [0.4, 0.5) is 5.82 Å². The van der Waals surface area contributed by atoms with Crippen molar-refractivity contribution in [2.75, 3.05) is 38.3 Å². The number of amides is 1. The Morgan fingerprint density at radius 1 is 1.29 bits per heavy atom. The zero-order chi connectivity index (χ0) is 24.2. The van der Waals surface area contributed by atoms with E-state index in [9.17, 15) is 14.6 Å². The highest BCUT2D eigenvalue weighted by Crippen LogP contribution is 2.32. The van der Waals surface area contributed by atoms with E-state index in [4.69, 9.17) is 16.3 Å². The molecule has 188 valence electrons. The lowest BCUT2D eigenvalue weighted by atomic mass is 10.2. The number of aryl methyl sites for hydroxylation is 1. The maximum absolute atomic E-state index is 12.5. The normalized spacial score (nSPS) is 17.6. The lowest BCUT2D eigenvalue weighted by molar-refractivity contribution is -0.130. The topological polar surface area (TPSA) is 117 Å². The van der Waals surface area contributed by atoms with Gasteiger partial charge in [0.05, 0.1) is 18.6 Å². The molecule has 2 aromatic heterocycles. The van der Waals surface area contributed by atoms with Crippen LogP contribution in [0.3, 0.4) is 0 Å². The maximum Gasteiger partial charge on any atom is 0.231 e. The summed E-state index contributed by atoms with van der Waals surface area (Å²) in [6, 6.07) is 0.436. The summed E-state index contributed by atoms with van der Waals surface area (Å²) in [5, 5.41) is 0.197. The first-order chi connectivity index (χ1) is 16.4. The molecule has 12 heteroatoms. The monoisotopic (exact) mass is 512 g/mol. The van der Waals surface area contributed by atoms with Gasteiger partial charge in [0.2, 0.25) is 11.2 Å². The van der Waals surface area contributed by atoms with E-state index in [1.54, 1.807) is 18.3 Å². The summed E-state index contributed by atoms with van der Waals surface area (Å²) in [6.45, 7) is 1.63. The number of fused-ring (bicyclic) bond motifs is 1. The van der Waals surface area contributed by atoms with Gasteiger partial charge in [-0.1, -0.05) is 12.8 Å². The van der Waals surface area contributed by atoms with E-state index >= 15 is 0 Å². The number of halogens is 1. The Hall–Kier alpha value is -1.58. The number of carbonyl (C=O) groups is 1. The van der Waals surface area contributed by atoms with Gasteiger partial charge in [0.1, 0.15) is 0 Å². The van der Waals surface area contributed by atoms with Crippen LogP contribution >= 0.6 is 20.0 Å². The summed E-state index contributed by atoms with van der Waals surface area (Å²) in [6.07, 6.45) is 8.89. The molecule has 4 rings (SSSR count). The highest BCUT2D eigenvalue weighted by Gasteiger charge is 2.29. The van der Waals surface area contributed by atoms with Gasteiger partial charge in [-0.25, -0.2) is 4.98 Å². The van der Waals surface area contributed by atoms with Gasteiger partial charge in [-0.15, -0.1) is 0 Å². The molecule has 1 atom stereocenters. The molecule has 0 aliphatic heterocycles. The van der Waals surface area contributed by atoms with Gasteiger partial charge in [0.25, 0.3) is 0 Å². The van der Waals surface area contributed by atoms with Crippen LogP contribution in [0.25, 0.3) is 11.2 Å². The van der Waals surface area contributed by atoms with Crippen LogP contribution < -0.4 is 4.90 Å². The predicted molar refractivity (Wildman–Crippen MR) is 132 cm³/mol. The summed E-state index contributed by atoms with van der Waals surface area (Å²) in [5.74, 6) is 1.02. The Kier molecular flexibility index (Phi) is 8.58. The van der Waals surface area contributed by atoms with Crippen molar-refractivity contribution in [2.24, 2.45) is 5.92 Å². The van der Waals surface area contributed by atoms with Gasteiger partial charge in [-0.2, -0.15) is 9.97 Å². The fourth-order valence-electron chi connectivity index (χ4n) is 4.70. The SMILES string of the molecule is COC(CCn1cnc2c(N(C)C3CCCC3)nc(Cl)nc21)CN(CC1CC1)C(=O)CP(O)O. The average molecular weight is 513 g/mol. The number of carbonyl (C=O) groups excluding carboxylic acids is 1. The number of anilines is 1. The molecular weight excluding hydrogens is 479 g/mol. The second kappa shape index (κ2) is 11.4. The van der Waals surface area contributed by atoms with Crippen LogP contribution in [0.15, 0.2) is 6.33 Å². The number of rotatable bonds is 12. The molecule has 2 aromatic rings. The number of methoxy groups -OCH3 is 1. The summed E-state index contributed by atoms with van der Waals surface area (Å²) < 4.78 is 7.64. The predicted octanol–water partition coefficient (Wildman–Crippen LogP) is 2.80. The van der Waals surface area contributed by atoms with Gasteiger partial charge < -0.3 is 28.9 Å². The molecule has 0 saturated heterocycles. The second-order valence-electron chi connectivity index (χ2n) is 9.39. The smallest absolute Gasteiger partial charge is 0.231 e. The van der Waals surface area contributed by atoms with Crippen molar-refractivity contribution in [3.8, 4) is 0 Å². The molecule has 0 bridgehead atoms. The lowest BCUT2D eigenvalue weighted by Gasteiger charge is -2.27. The maximum atomic E-state index is 12.5. The van der Waals surface area contributed by atoms with E-state index in [0.29, 0.717) is 43.7 Å². The zero-order valence-electron chi connectivity index (χ0n) is 19.8. The Labute approximate surface area is 206 Å². The van der Waals surface area contributed by atoms with Gasteiger partial charge >= 0.3 is 0 Å². The van der Waals surface area contributed by atoms with Crippen molar-refractivity contribution in [3.05, 3.63) is 11.6 Å². The van der Waals surface area contributed by atoms with Gasteiger partial charge in [-0.3, -0.25) is 4.79 Å². The van der Waals surface area contributed by atoms with E-state index in [0.717, 1.165) is 37.0 Å². The van der Waals surface area contributed by atoms with Crippen LogP contribution in [0.5, 0.6) is 0 Å². The molecular formula is C22H34ClN6O4P. The summed E-state index contributed by atoms with van der Waals surface area (Å²) in [5.41, 5.74) is 1.42. The zero-order valence-corrected chi connectivity index (χ0v) is 21.5. The number of aromatic nitrogens is 4. The van der Waals surface area contributed by atoms with Crippen LogP contribution in [-0.4, -0.2) is 85.7 Å². The highest BCUT2D eigenvalue weighted by atomic mass is 35.5. The third-order valence-corrected chi connectivity index (χ3v) is 7.60. The lowest BCUT2D eigenvalue weighted by Crippen LogP contribution is -2.41. The Morgan fingerprint density at radius 2 is 2.03 bits per heavy atom. The molecule has 2 aliphatic carbocycles. The van der Waals surface area contributed by atoms with Crippen molar-refractivity contribution in [2.45, 2.75) is 63.6 Å². The number of imidazole rings is 1. The molecule has 1 unspecified atom stereocenters. The third kappa shape index (κ3) is 6.34.